The lowest BCUT2D eigenvalue weighted by molar-refractivity contribution is 0.415. The van der Waals surface area contributed by atoms with Gasteiger partial charge in [0, 0.05) is 34.3 Å². The second kappa shape index (κ2) is 6.13. The number of hydrogen-bond acceptors (Lipinski definition) is 4. The number of anilines is 1. The Kier molecular flexibility index (Phi) is 3.59. The number of ether oxygens (including phenoxy) is 1. The smallest absolute Gasteiger partial charge is 0.182 e. The van der Waals surface area contributed by atoms with E-state index < -0.39 is 0 Å². The van der Waals surface area contributed by atoms with Crippen molar-refractivity contribution in [1.82, 2.24) is 0 Å². The second-order valence-electron chi connectivity index (χ2n) is 6.82. The van der Waals surface area contributed by atoms with Crippen molar-refractivity contribution >= 4 is 27.4 Å². The minimum Gasteiger partial charge on any atom is -0.497 e. The van der Waals surface area contributed by atoms with Crippen molar-refractivity contribution < 1.29 is 9.15 Å². The fourth-order valence-electron chi connectivity index (χ4n) is 3.70. The zero-order valence-corrected chi connectivity index (χ0v) is 15.2. The molecule has 2 N–H and O–H groups in total. The van der Waals surface area contributed by atoms with E-state index in [4.69, 9.17) is 14.9 Å². The van der Waals surface area contributed by atoms with Crippen molar-refractivity contribution in [1.29, 1.82) is 0 Å². The first-order valence-electron chi connectivity index (χ1n) is 8.97. The van der Waals surface area contributed by atoms with Gasteiger partial charge in [0.05, 0.1) is 7.11 Å². The summed E-state index contributed by atoms with van der Waals surface area (Å²) in [5.41, 5.74) is 10.1. The number of fused-ring (bicyclic) bond motifs is 3. The van der Waals surface area contributed by atoms with Crippen molar-refractivity contribution in [2.24, 2.45) is 0 Å². The Bertz CT molecular complexity index is 1380. The predicted octanol–water partition coefficient (Wildman–Crippen LogP) is 5.31. The summed E-state index contributed by atoms with van der Waals surface area (Å²) in [6.07, 6.45) is 0. The van der Waals surface area contributed by atoms with E-state index in [1.54, 1.807) is 19.2 Å². The van der Waals surface area contributed by atoms with Gasteiger partial charge in [0.25, 0.3) is 0 Å². The highest BCUT2D eigenvalue weighted by Gasteiger charge is 2.17. The van der Waals surface area contributed by atoms with Crippen LogP contribution in [0.25, 0.3) is 44.2 Å². The minimum atomic E-state index is -0.0870. The maximum Gasteiger partial charge on any atom is 0.182 e. The summed E-state index contributed by atoms with van der Waals surface area (Å²) in [4.78, 5) is 11.9. The predicted molar refractivity (Wildman–Crippen MR) is 113 cm³/mol. The molecule has 5 rings (SSSR count). The van der Waals surface area contributed by atoms with Gasteiger partial charge in [-0.25, -0.2) is 0 Å². The zero-order valence-electron chi connectivity index (χ0n) is 15.2. The van der Waals surface area contributed by atoms with E-state index in [1.807, 2.05) is 36.4 Å². The van der Waals surface area contributed by atoms with E-state index >= 15 is 0 Å². The Morgan fingerprint density at radius 1 is 0.857 bits per heavy atom. The molecule has 2 aliphatic rings. The molecule has 4 heteroatoms. The van der Waals surface area contributed by atoms with Gasteiger partial charge in [-0.1, -0.05) is 18.2 Å². The van der Waals surface area contributed by atoms with Crippen LogP contribution in [-0.2, 0) is 0 Å². The third kappa shape index (κ3) is 2.58. The molecule has 0 saturated carbocycles. The lowest BCUT2D eigenvalue weighted by Gasteiger charge is -2.16. The highest BCUT2D eigenvalue weighted by molar-refractivity contribution is 6.04. The molecule has 3 aromatic carbocycles. The number of nitrogen functional groups attached to an aromatic ring is 1. The van der Waals surface area contributed by atoms with Crippen molar-refractivity contribution in [3.63, 3.8) is 0 Å². The van der Waals surface area contributed by atoms with Crippen molar-refractivity contribution in [3.05, 3.63) is 83.0 Å². The standard InChI is InChI=1S/C24H17NO3/c1-27-19-7-4-14-10-16(3-2-15(14)11-19)24-20-8-5-17(25)12-22(20)28-23-13-18(26)6-9-21(23)24/h2-13H,25H2,1H3. The van der Waals surface area contributed by atoms with Gasteiger partial charge in [-0.05, 0) is 58.8 Å². The first kappa shape index (κ1) is 16.4. The molecule has 0 aromatic heterocycles. The molecule has 0 atom stereocenters. The van der Waals surface area contributed by atoms with Gasteiger partial charge in [0.15, 0.2) is 5.43 Å². The van der Waals surface area contributed by atoms with Crippen LogP contribution >= 0.6 is 0 Å². The normalized spacial score (nSPS) is 11.3. The number of benzene rings is 4. The number of methoxy groups -OCH3 is 1. The maximum absolute atomic E-state index is 11.9. The van der Waals surface area contributed by atoms with Gasteiger partial charge in [0.1, 0.15) is 17.1 Å². The zero-order chi connectivity index (χ0) is 19.3. The van der Waals surface area contributed by atoms with Crippen LogP contribution in [0.1, 0.15) is 0 Å². The maximum atomic E-state index is 11.9. The molecule has 0 amide bonds. The summed E-state index contributed by atoms with van der Waals surface area (Å²) in [6.45, 7) is 0. The summed E-state index contributed by atoms with van der Waals surface area (Å²) in [6, 6.07) is 22.8. The first-order chi connectivity index (χ1) is 13.6. The Hall–Kier alpha value is -3.79. The molecule has 0 bridgehead atoms. The Morgan fingerprint density at radius 2 is 1.68 bits per heavy atom. The van der Waals surface area contributed by atoms with Crippen LogP contribution in [0.2, 0.25) is 0 Å². The average Bonchev–Trinajstić information content (AvgIpc) is 2.71. The van der Waals surface area contributed by atoms with Gasteiger partial charge in [-0.15, -0.1) is 0 Å². The molecule has 1 aliphatic carbocycles. The van der Waals surface area contributed by atoms with E-state index in [0.29, 0.717) is 17.0 Å². The highest BCUT2D eigenvalue weighted by Crippen LogP contribution is 2.41. The van der Waals surface area contributed by atoms with E-state index in [9.17, 15) is 4.79 Å². The highest BCUT2D eigenvalue weighted by atomic mass is 16.5. The lowest BCUT2D eigenvalue weighted by Crippen LogP contribution is -2.00. The third-order valence-corrected chi connectivity index (χ3v) is 5.05. The summed E-state index contributed by atoms with van der Waals surface area (Å²) in [5.74, 6) is 1.38. The van der Waals surface area contributed by atoms with Crippen LogP contribution in [0.3, 0.4) is 0 Å². The quantitative estimate of drug-likeness (QED) is 0.339. The molecular formula is C24H17NO3. The summed E-state index contributed by atoms with van der Waals surface area (Å²) in [7, 11) is 1.66. The molecule has 0 fully saturated rings. The van der Waals surface area contributed by atoms with E-state index in [2.05, 4.69) is 18.2 Å². The van der Waals surface area contributed by atoms with Crippen LogP contribution in [0, 0.1) is 0 Å². The molecule has 4 nitrogen and oxygen atoms in total. The summed E-state index contributed by atoms with van der Waals surface area (Å²) < 4.78 is 11.3. The molecule has 0 spiro atoms. The number of rotatable bonds is 2. The van der Waals surface area contributed by atoms with Gasteiger partial charge < -0.3 is 14.9 Å². The monoisotopic (exact) mass is 367 g/mol. The summed E-state index contributed by atoms with van der Waals surface area (Å²) in [5, 5.41) is 3.16. The van der Waals surface area contributed by atoms with Crippen LogP contribution in [-0.4, -0.2) is 7.11 Å². The van der Waals surface area contributed by atoms with Crippen LogP contribution in [0.15, 0.2) is 82.0 Å². The Balaban J connectivity index is 1.86. The SMILES string of the molecule is COc1ccc2cc(-c3c4ccc(=O)cc-4oc4cc(N)ccc34)ccc2c1. The molecule has 28 heavy (non-hydrogen) atoms. The molecule has 1 aliphatic heterocycles. The molecule has 0 unspecified atom stereocenters. The summed E-state index contributed by atoms with van der Waals surface area (Å²) >= 11 is 0. The van der Waals surface area contributed by atoms with E-state index in [0.717, 1.165) is 38.6 Å². The number of hydrogen-bond donors (Lipinski definition) is 1. The van der Waals surface area contributed by atoms with E-state index in [1.165, 1.54) is 6.07 Å². The minimum absolute atomic E-state index is 0.0870. The lowest BCUT2D eigenvalue weighted by atomic mass is 9.92. The van der Waals surface area contributed by atoms with Gasteiger partial charge in [-0.2, -0.15) is 0 Å². The van der Waals surface area contributed by atoms with Gasteiger partial charge >= 0.3 is 0 Å². The Labute approximate surface area is 161 Å². The van der Waals surface area contributed by atoms with E-state index in [-0.39, 0.29) is 5.43 Å². The van der Waals surface area contributed by atoms with Crippen molar-refractivity contribution in [2.75, 3.05) is 12.8 Å². The largest absolute Gasteiger partial charge is 0.497 e. The van der Waals surface area contributed by atoms with Gasteiger partial charge in [-0.3, -0.25) is 4.79 Å². The number of nitrogens with two attached hydrogens (primary N) is 1. The fraction of sp³-hybridized carbons (Fsp3) is 0.0417. The van der Waals surface area contributed by atoms with Crippen molar-refractivity contribution in [2.45, 2.75) is 0 Å². The molecular weight excluding hydrogens is 350 g/mol. The topological polar surface area (TPSA) is 65.5 Å². The molecule has 0 radical (unpaired) electrons. The van der Waals surface area contributed by atoms with Crippen LogP contribution < -0.4 is 15.9 Å². The fourth-order valence-corrected chi connectivity index (χ4v) is 3.70. The Morgan fingerprint density at radius 3 is 2.54 bits per heavy atom. The average molecular weight is 367 g/mol. The van der Waals surface area contributed by atoms with Crippen LogP contribution in [0.4, 0.5) is 5.69 Å². The van der Waals surface area contributed by atoms with Crippen molar-refractivity contribution in [3.8, 4) is 28.2 Å². The molecule has 136 valence electrons. The second-order valence-corrected chi connectivity index (χ2v) is 6.82. The first-order valence-corrected chi connectivity index (χ1v) is 8.97. The molecule has 0 saturated heterocycles. The van der Waals surface area contributed by atoms with Crippen LogP contribution in [0.5, 0.6) is 5.75 Å². The van der Waals surface area contributed by atoms with Gasteiger partial charge in [0.2, 0.25) is 0 Å². The third-order valence-electron chi connectivity index (χ3n) is 5.05. The molecule has 1 heterocycles. The molecule has 3 aromatic rings.